The smallest absolute Gasteiger partial charge is 0.0363 e. The Balaban J connectivity index is 2.27. The molecule has 1 N–H and O–H groups in total. The van der Waals surface area contributed by atoms with E-state index in [2.05, 4.69) is 55.4 Å². The number of benzene rings is 1. The summed E-state index contributed by atoms with van der Waals surface area (Å²) in [6.07, 6.45) is 3.68. The molecule has 0 aliphatic carbocycles. The third kappa shape index (κ3) is 2.76. The van der Waals surface area contributed by atoms with E-state index in [9.17, 15) is 0 Å². The highest BCUT2D eigenvalue weighted by atomic mass is 15.2. The standard InChI is InChI=1S/C16H26N2/c1-4-14(5-2)18(3)16-10-11-17-12-13-8-6-7-9-15(13)16/h6-9,14,16-17H,4-5,10-12H2,1-3H3. The van der Waals surface area contributed by atoms with Gasteiger partial charge in [0.15, 0.2) is 0 Å². The van der Waals surface area contributed by atoms with E-state index >= 15 is 0 Å². The predicted octanol–water partition coefficient (Wildman–Crippen LogP) is 3.34. The highest BCUT2D eigenvalue weighted by Gasteiger charge is 2.25. The first-order chi connectivity index (χ1) is 8.77. The average Bonchev–Trinajstić information content (AvgIpc) is 2.62. The number of hydrogen-bond donors (Lipinski definition) is 1. The molecule has 2 nitrogen and oxygen atoms in total. The van der Waals surface area contributed by atoms with Gasteiger partial charge in [-0.05, 0) is 44.0 Å². The molecule has 1 atom stereocenters. The summed E-state index contributed by atoms with van der Waals surface area (Å²) in [5.41, 5.74) is 3.00. The first-order valence-electron chi connectivity index (χ1n) is 7.28. The van der Waals surface area contributed by atoms with E-state index in [0.717, 1.165) is 13.1 Å². The molecule has 0 bridgehead atoms. The van der Waals surface area contributed by atoms with Crippen LogP contribution in [0, 0.1) is 0 Å². The molecule has 0 aromatic heterocycles. The normalized spacial score (nSPS) is 19.9. The molecule has 1 aliphatic rings. The fourth-order valence-corrected chi connectivity index (χ4v) is 3.18. The first-order valence-corrected chi connectivity index (χ1v) is 7.28. The summed E-state index contributed by atoms with van der Waals surface area (Å²) in [5, 5.41) is 3.54. The minimum absolute atomic E-state index is 0.570. The molecule has 1 aliphatic heterocycles. The van der Waals surface area contributed by atoms with Crippen molar-refractivity contribution >= 4 is 0 Å². The third-order valence-electron chi connectivity index (χ3n) is 4.33. The Bertz CT molecular complexity index is 371. The second-order valence-electron chi connectivity index (χ2n) is 5.32. The molecule has 100 valence electrons. The molecule has 1 unspecified atom stereocenters. The Morgan fingerprint density at radius 1 is 1.28 bits per heavy atom. The van der Waals surface area contributed by atoms with Crippen LogP contribution in [-0.2, 0) is 6.54 Å². The van der Waals surface area contributed by atoms with E-state index < -0.39 is 0 Å². The number of nitrogens with zero attached hydrogens (tertiary/aromatic N) is 1. The maximum absolute atomic E-state index is 3.54. The van der Waals surface area contributed by atoms with Crippen molar-refractivity contribution in [2.75, 3.05) is 13.6 Å². The lowest BCUT2D eigenvalue weighted by molar-refractivity contribution is 0.157. The van der Waals surface area contributed by atoms with Gasteiger partial charge in [-0.25, -0.2) is 0 Å². The Hall–Kier alpha value is -0.860. The predicted molar refractivity (Wildman–Crippen MR) is 77.6 cm³/mol. The summed E-state index contributed by atoms with van der Waals surface area (Å²) in [4.78, 5) is 2.59. The molecule has 0 fully saturated rings. The van der Waals surface area contributed by atoms with Crippen molar-refractivity contribution < 1.29 is 0 Å². The van der Waals surface area contributed by atoms with E-state index in [4.69, 9.17) is 0 Å². The van der Waals surface area contributed by atoms with Gasteiger partial charge in [0.25, 0.3) is 0 Å². The minimum atomic E-state index is 0.570. The van der Waals surface area contributed by atoms with E-state index in [0.29, 0.717) is 12.1 Å². The summed E-state index contributed by atoms with van der Waals surface area (Å²) in [7, 11) is 2.30. The van der Waals surface area contributed by atoms with Crippen LogP contribution in [0.15, 0.2) is 24.3 Å². The van der Waals surface area contributed by atoms with Crippen molar-refractivity contribution in [3.8, 4) is 0 Å². The topological polar surface area (TPSA) is 15.3 Å². The van der Waals surface area contributed by atoms with Gasteiger partial charge in [-0.3, -0.25) is 4.90 Å². The molecule has 1 aromatic rings. The zero-order valence-corrected chi connectivity index (χ0v) is 11.9. The molecule has 18 heavy (non-hydrogen) atoms. The van der Waals surface area contributed by atoms with Gasteiger partial charge in [0.1, 0.15) is 0 Å². The van der Waals surface area contributed by atoms with Crippen molar-refractivity contribution in [1.82, 2.24) is 10.2 Å². The molecule has 0 spiro atoms. The van der Waals surface area contributed by atoms with Crippen LogP contribution in [0.2, 0.25) is 0 Å². The number of hydrogen-bond acceptors (Lipinski definition) is 2. The maximum atomic E-state index is 3.54. The molecule has 0 saturated carbocycles. The Morgan fingerprint density at radius 2 is 2.00 bits per heavy atom. The zero-order valence-electron chi connectivity index (χ0n) is 11.9. The average molecular weight is 246 g/mol. The van der Waals surface area contributed by atoms with Crippen LogP contribution in [0.25, 0.3) is 0 Å². The van der Waals surface area contributed by atoms with Crippen LogP contribution in [0.3, 0.4) is 0 Å². The van der Waals surface area contributed by atoms with Crippen molar-refractivity contribution in [3.05, 3.63) is 35.4 Å². The van der Waals surface area contributed by atoms with Crippen LogP contribution >= 0.6 is 0 Å². The SMILES string of the molecule is CCC(CC)N(C)C1CCNCc2ccccc21. The highest BCUT2D eigenvalue weighted by molar-refractivity contribution is 5.31. The van der Waals surface area contributed by atoms with Gasteiger partial charge in [-0.15, -0.1) is 0 Å². The third-order valence-corrected chi connectivity index (χ3v) is 4.33. The summed E-state index contributed by atoms with van der Waals surface area (Å²) in [5.74, 6) is 0. The summed E-state index contributed by atoms with van der Waals surface area (Å²) >= 11 is 0. The second-order valence-corrected chi connectivity index (χ2v) is 5.32. The lowest BCUT2D eigenvalue weighted by atomic mass is 9.96. The molecule has 2 heteroatoms. The van der Waals surface area contributed by atoms with E-state index in [1.54, 1.807) is 0 Å². The fraction of sp³-hybridized carbons (Fsp3) is 0.625. The fourth-order valence-electron chi connectivity index (χ4n) is 3.18. The number of fused-ring (bicyclic) bond motifs is 1. The van der Waals surface area contributed by atoms with Crippen LogP contribution < -0.4 is 5.32 Å². The van der Waals surface area contributed by atoms with E-state index in [-0.39, 0.29) is 0 Å². The molecular formula is C16H26N2. The number of rotatable bonds is 4. The molecule has 1 heterocycles. The van der Waals surface area contributed by atoms with Gasteiger partial charge >= 0.3 is 0 Å². The van der Waals surface area contributed by atoms with Crippen molar-refractivity contribution in [3.63, 3.8) is 0 Å². The van der Waals surface area contributed by atoms with Crippen molar-refractivity contribution in [2.24, 2.45) is 0 Å². The summed E-state index contributed by atoms with van der Waals surface area (Å²) in [6.45, 7) is 6.73. The van der Waals surface area contributed by atoms with Gasteiger partial charge in [-0.1, -0.05) is 38.1 Å². The van der Waals surface area contributed by atoms with Crippen molar-refractivity contribution in [2.45, 2.75) is 51.7 Å². The largest absolute Gasteiger partial charge is 0.313 e. The van der Waals surface area contributed by atoms with Gasteiger partial charge in [-0.2, -0.15) is 0 Å². The van der Waals surface area contributed by atoms with Gasteiger partial charge in [0, 0.05) is 18.6 Å². The molecule has 2 rings (SSSR count). The summed E-state index contributed by atoms with van der Waals surface area (Å²) < 4.78 is 0. The molecule has 0 radical (unpaired) electrons. The molecule has 0 amide bonds. The minimum Gasteiger partial charge on any atom is -0.313 e. The van der Waals surface area contributed by atoms with Crippen molar-refractivity contribution in [1.29, 1.82) is 0 Å². The maximum Gasteiger partial charge on any atom is 0.0363 e. The Labute approximate surface area is 111 Å². The van der Waals surface area contributed by atoms with Gasteiger partial charge in [0.2, 0.25) is 0 Å². The highest BCUT2D eigenvalue weighted by Crippen LogP contribution is 2.30. The summed E-state index contributed by atoms with van der Waals surface area (Å²) in [6, 6.07) is 10.2. The van der Waals surface area contributed by atoms with Gasteiger partial charge in [0.05, 0.1) is 0 Å². The monoisotopic (exact) mass is 246 g/mol. The van der Waals surface area contributed by atoms with Crippen LogP contribution in [-0.4, -0.2) is 24.5 Å². The van der Waals surface area contributed by atoms with Crippen LogP contribution in [0.5, 0.6) is 0 Å². The zero-order chi connectivity index (χ0) is 13.0. The second kappa shape index (κ2) is 6.35. The lowest BCUT2D eigenvalue weighted by Gasteiger charge is -2.34. The quantitative estimate of drug-likeness (QED) is 0.876. The van der Waals surface area contributed by atoms with Crippen LogP contribution in [0.4, 0.5) is 0 Å². The molecule has 0 saturated heterocycles. The first kappa shape index (κ1) is 13.6. The lowest BCUT2D eigenvalue weighted by Crippen LogP contribution is -2.35. The Kier molecular flexibility index (Phi) is 4.79. The number of nitrogens with one attached hydrogen (secondary N) is 1. The molecule has 1 aromatic carbocycles. The van der Waals surface area contributed by atoms with Gasteiger partial charge < -0.3 is 5.32 Å². The van der Waals surface area contributed by atoms with E-state index in [1.807, 2.05) is 0 Å². The Morgan fingerprint density at radius 3 is 2.72 bits per heavy atom. The van der Waals surface area contributed by atoms with Crippen LogP contribution in [0.1, 0.15) is 50.3 Å². The van der Waals surface area contributed by atoms with E-state index in [1.165, 1.54) is 30.4 Å². The molecular weight excluding hydrogens is 220 g/mol.